The first kappa shape index (κ1) is 21.6. The van der Waals surface area contributed by atoms with Crippen LogP contribution in [0.25, 0.3) is 0 Å². The molecule has 2 fully saturated rings. The average molecular weight is 451 g/mol. The Morgan fingerprint density at radius 3 is 2.68 bits per heavy atom. The fourth-order valence-corrected chi connectivity index (χ4v) is 6.07. The summed E-state index contributed by atoms with van der Waals surface area (Å²) in [5.74, 6) is 0.458. The van der Waals surface area contributed by atoms with E-state index < -0.39 is 21.3 Å². The molecule has 2 saturated heterocycles. The number of carbonyl (C=O) groups is 3. The van der Waals surface area contributed by atoms with Crippen molar-refractivity contribution in [3.8, 4) is 11.5 Å². The largest absolute Gasteiger partial charge is 0.486 e. The van der Waals surface area contributed by atoms with Gasteiger partial charge in [-0.3, -0.25) is 14.4 Å². The normalized spacial score (nSPS) is 23.7. The number of piperidine rings is 1. The van der Waals surface area contributed by atoms with E-state index in [1.165, 1.54) is 6.92 Å². The Kier molecular flexibility index (Phi) is 5.67. The molecule has 3 aliphatic rings. The van der Waals surface area contributed by atoms with Crippen molar-refractivity contribution in [3.05, 3.63) is 23.8 Å². The first-order chi connectivity index (χ1) is 14.6. The van der Waals surface area contributed by atoms with Crippen molar-refractivity contribution in [3.63, 3.8) is 0 Å². The van der Waals surface area contributed by atoms with Gasteiger partial charge in [0.05, 0.1) is 23.5 Å². The second-order valence-corrected chi connectivity index (χ2v) is 10.7. The summed E-state index contributed by atoms with van der Waals surface area (Å²) in [6, 6.07) is 4.47. The van der Waals surface area contributed by atoms with Gasteiger partial charge in [-0.2, -0.15) is 0 Å². The smallest absolute Gasteiger partial charge is 0.258 e. The van der Waals surface area contributed by atoms with E-state index in [4.69, 9.17) is 9.47 Å². The molecule has 9 nitrogen and oxygen atoms in total. The van der Waals surface area contributed by atoms with Gasteiger partial charge in [0.25, 0.3) is 5.91 Å². The molecule has 1 atom stereocenters. The van der Waals surface area contributed by atoms with Gasteiger partial charge >= 0.3 is 0 Å². The lowest BCUT2D eigenvalue weighted by molar-refractivity contribution is -0.132. The second-order valence-electron chi connectivity index (χ2n) is 8.51. The van der Waals surface area contributed by atoms with Crippen LogP contribution in [0.5, 0.6) is 11.5 Å². The van der Waals surface area contributed by atoms with Crippen LogP contribution in [-0.2, 0) is 19.4 Å². The number of benzene rings is 1. The van der Waals surface area contributed by atoms with E-state index in [9.17, 15) is 22.8 Å². The van der Waals surface area contributed by atoms with Crippen molar-refractivity contribution in [1.82, 2.24) is 10.2 Å². The minimum Gasteiger partial charge on any atom is -0.486 e. The van der Waals surface area contributed by atoms with Gasteiger partial charge in [0.15, 0.2) is 22.2 Å². The number of ketones is 1. The monoisotopic (exact) mass is 450 g/mol. The first-order valence-electron chi connectivity index (χ1n) is 10.4. The third kappa shape index (κ3) is 4.84. The zero-order valence-electron chi connectivity index (χ0n) is 17.4. The lowest BCUT2D eigenvalue weighted by Crippen LogP contribution is -2.51. The van der Waals surface area contributed by atoms with Crippen molar-refractivity contribution in [2.45, 2.75) is 44.2 Å². The summed E-state index contributed by atoms with van der Waals surface area (Å²) >= 11 is 0. The molecular weight excluding hydrogens is 424 g/mol. The lowest BCUT2D eigenvalue weighted by atomic mass is 9.82. The molecule has 0 aromatic heterocycles. The molecule has 10 heteroatoms. The van der Waals surface area contributed by atoms with E-state index >= 15 is 0 Å². The minimum atomic E-state index is -3.07. The fraction of sp³-hybridized carbons (Fsp3) is 0.571. The number of nitrogens with zero attached hydrogens (tertiary/aromatic N) is 1. The van der Waals surface area contributed by atoms with Crippen molar-refractivity contribution < 1.29 is 32.3 Å². The molecule has 1 aromatic carbocycles. The summed E-state index contributed by atoms with van der Waals surface area (Å²) in [5.41, 5.74) is -0.146. The average Bonchev–Trinajstić information content (AvgIpc) is 3.04. The zero-order chi connectivity index (χ0) is 22.2. The van der Waals surface area contributed by atoms with Crippen LogP contribution in [0.15, 0.2) is 18.2 Å². The van der Waals surface area contributed by atoms with Crippen LogP contribution >= 0.6 is 0 Å². The van der Waals surface area contributed by atoms with Gasteiger partial charge in [-0.15, -0.1) is 0 Å². The Balaban J connectivity index is 1.38. The van der Waals surface area contributed by atoms with E-state index in [-0.39, 0.29) is 42.3 Å². The molecule has 1 aromatic rings. The Morgan fingerprint density at radius 2 is 2.03 bits per heavy atom. The van der Waals surface area contributed by atoms with E-state index in [0.717, 1.165) is 0 Å². The molecule has 1 spiro atoms. The number of hydrogen-bond donors (Lipinski definition) is 1. The maximum Gasteiger partial charge on any atom is 0.258 e. The van der Waals surface area contributed by atoms with Gasteiger partial charge < -0.3 is 19.7 Å². The minimum absolute atomic E-state index is 0.00994. The summed E-state index contributed by atoms with van der Waals surface area (Å²) < 4.78 is 34.8. The summed E-state index contributed by atoms with van der Waals surface area (Å²) in [7, 11) is -3.07. The molecular formula is C21H26N2O7S. The highest BCUT2D eigenvalue weighted by Gasteiger charge is 2.43. The maximum atomic E-state index is 12.7. The number of fused-ring (bicyclic) bond motifs is 1. The van der Waals surface area contributed by atoms with Crippen LogP contribution in [0.2, 0.25) is 0 Å². The molecule has 0 radical (unpaired) electrons. The molecule has 4 rings (SSSR count). The molecule has 2 amide bonds. The zero-order valence-corrected chi connectivity index (χ0v) is 18.2. The summed E-state index contributed by atoms with van der Waals surface area (Å²) in [6.07, 6.45) is 1.84. The Labute approximate surface area is 181 Å². The van der Waals surface area contributed by atoms with Crippen LogP contribution in [0.3, 0.4) is 0 Å². The SMILES string of the molecule is CC(=O)N1CCC2(CC1)CC(=O)c1ccc(OCC(=O)N[C@@H]3CCS(=O)(=O)C3)cc1O2. The van der Waals surface area contributed by atoms with Crippen LogP contribution in [0, 0.1) is 0 Å². The van der Waals surface area contributed by atoms with Crippen LogP contribution in [0.4, 0.5) is 0 Å². The van der Waals surface area contributed by atoms with Crippen LogP contribution < -0.4 is 14.8 Å². The van der Waals surface area contributed by atoms with E-state index in [1.807, 2.05) is 0 Å². The first-order valence-corrected chi connectivity index (χ1v) is 12.2. The van der Waals surface area contributed by atoms with Crippen molar-refractivity contribution in [2.75, 3.05) is 31.2 Å². The molecule has 1 N–H and O–H groups in total. The topological polar surface area (TPSA) is 119 Å². The lowest BCUT2D eigenvalue weighted by Gasteiger charge is -2.43. The summed E-state index contributed by atoms with van der Waals surface area (Å²) in [5, 5.41) is 2.67. The highest BCUT2D eigenvalue weighted by Crippen LogP contribution is 2.40. The van der Waals surface area contributed by atoms with Crippen molar-refractivity contribution in [2.24, 2.45) is 0 Å². The number of rotatable bonds is 4. The van der Waals surface area contributed by atoms with E-state index in [2.05, 4.69) is 5.32 Å². The Morgan fingerprint density at radius 1 is 1.29 bits per heavy atom. The molecule has 0 saturated carbocycles. The Hall–Kier alpha value is -2.62. The molecule has 0 aliphatic carbocycles. The van der Waals surface area contributed by atoms with Gasteiger partial charge in [-0.05, 0) is 18.6 Å². The van der Waals surface area contributed by atoms with Crippen molar-refractivity contribution >= 4 is 27.4 Å². The number of nitrogens with one attached hydrogen (secondary N) is 1. The predicted octanol–water partition coefficient (Wildman–Crippen LogP) is 0.715. The van der Waals surface area contributed by atoms with Crippen LogP contribution in [0.1, 0.15) is 43.0 Å². The standard InChI is InChI=1S/C21H26N2O7S/c1-14(24)23-7-5-21(6-8-23)11-18(25)17-3-2-16(10-19(17)30-21)29-12-20(26)22-15-4-9-31(27,28)13-15/h2-3,10,15H,4-9,11-13H2,1H3,(H,22,26)/t15-/m1/s1. The number of amides is 2. The van der Waals surface area contributed by atoms with Gasteiger partial charge in [-0.1, -0.05) is 0 Å². The highest BCUT2D eigenvalue weighted by atomic mass is 32.2. The molecule has 0 bridgehead atoms. The fourth-order valence-electron chi connectivity index (χ4n) is 4.40. The number of sulfone groups is 1. The van der Waals surface area contributed by atoms with Crippen molar-refractivity contribution in [1.29, 1.82) is 0 Å². The molecule has 3 heterocycles. The summed E-state index contributed by atoms with van der Waals surface area (Å²) in [6.45, 7) is 2.37. The third-order valence-electron chi connectivity index (χ3n) is 6.15. The van der Waals surface area contributed by atoms with E-state index in [0.29, 0.717) is 49.4 Å². The number of ether oxygens (including phenoxy) is 2. The van der Waals surface area contributed by atoms with Gasteiger partial charge in [0.1, 0.15) is 17.1 Å². The Bertz CT molecular complexity index is 1010. The highest BCUT2D eigenvalue weighted by molar-refractivity contribution is 7.91. The number of hydrogen-bond acceptors (Lipinski definition) is 7. The number of Topliss-reactive ketones (excluding diaryl/α,β-unsaturated/α-hetero) is 1. The summed E-state index contributed by atoms with van der Waals surface area (Å²) in [4.78, 5) is 38.1. The van der Waals surface area contributed by atoms with Crippen LogP contribution in [-0.4, -0.2) is 73.8 Å². The van der Waals surface area contributed by atoms with E-state index in [1.54, 1.807) is 23.1 Å². The predicted molar refractivity (Wildman–Crippen MR) is 111 cm³/mol. The molecule has 31 heavy (non-hydrogen) atoms. The number of carbonyl (C=O) groups excluding carboxylic acids is 3. The van der Waals surface area contributed by atoms with Gasteiger partial charge in [0, 0.05) is 45.0 Å². The number of likely N-dealkylation sites (tertiary alicyclic amines) is 1. The third-order valence-corrected chi connectivity index (χ3v) is 7.92. The van der Waals surface area contributed by atoms with Gasteiger partial charge in [-0.25, -0.2) is 8.42 Å². The van der Waals surface area contributed by atoms with Gasteiger partial charge in [0.2, 0.25) is 5.91 Å². The maximum absolute atomic E-state index is 12.7. The quantitative estimate of drug-likeness (QED) is 0.718. The molecule has 168 valence electrons. The molecule has 0 unspecified atom stereocenters. The molecule has 3 aliphatic heterocycles. The second kappa shape index (κ2) is 8.14.